The summed E-state index contributed by atoms with van der Waals surface area (Å²) < 4.78 is 4.64. The van der Waals surface area contributed by atoms with Crippen LogP contribution < -0.4 is 4.74 Å². The van der Waals surface area contributed by atoms with Crippen LogP contribution in [0.1, 0.15) is 10.4 Å². The van der Waals surface area contributed by atoms with Gasteiger partial charge in [-0.3, -0.25) is 4.79 Å². The normalized spacial score (nSPS) is 9.67. The Bertz CT molecular complexity index is 423. The number of aromatic hydroxyl groups is 2. The number of phenolic OH excluding ortho intramolecular Hbond substituents is 2. The third kappa shape index (κ3) is 1.98. The molecule has 1 rings (SSSR count). The first-order valence-electron chi connectivity index (χ1n) is 3.85. The Balaban J connectivity index is 3.28. The van der Waals surface area contributed by atoms with Gasteiger partial charge in [-0.2, -0.15) is 0 Å². The molecule has 0 bridgehead atoms. The zero-order chi connectivity index (χ0) is 11.6. The number of rotatable bonds is 3. The molecule has 0 spiro atoms. The molecule has 0 fully saturated rings. The van der Waals surface area contributed by atoms with E-state index in [2.05, 4.69) is 4.74 Å². The van der Waals surface area contributed by atoms with Crippen LogP contribution in [0.2, 0.25) is 0 Å². The number of aliphatic carboxylic acids is 1. The third-order valence-electron chi connectivity index (χ3n) is 1.73. The molecule has 1 aromatic carbocycles. The predicted octanol–water partition coefficient (Wildman–Crippen LogP) is 0.374. The monoisotopic (exact) mass is 212 g/mol. The third-order valence-corrected chi connectivity index (χ3v) is 1.73. The van der Waals surface area contributed by atoms with Gasteiger partial charge in [0, 0.05) is 5.56 Å². The lowest BCUT2D eigenvalue weighted by molar-refractivity contribution is -0.131. The summed E-state index contributed by atoms with van der Waals surface area (Å²) in [7, 11) is 1.21. The van der Waals surface area contributed by atoms with Gasteiger partial charge < -0.3 is 20.1 Å². The van der Waals surface area contributed by atoms with Gasteiger partial charge in [0.05, 0.1) is 7.11 Å². The summed E-state index contributed by atoms with van der Waals surface area (Å²) in [6.07, 6.45) is 0. The van der Waals surface area contributed by atoms with E-state index in [1.807, 2.05) is 0 Å². The topological polar surface area (TPSA) is 104 Å². The van der Waals surface area contributed by atoms with Crippen molar-refractivity contribution in [3.63, 3.8) is 0 Å². The molecule has 15 heavy (non-hydrogen) atoms. The molecule has 80 valence electrons. The highest BCUT2D eigenvalue weighted by Crippen LogP contribution is 2.36. The van der Waals surface area contributed by atoms with Gasteiger partial charge in [0.2, 0.25) is 5.75 Å². The van der Waals surface area contributed by atoms with Crippen LogP contribution in [0.3, 0.4) is 0 Å². The van der Waals surface area contributed by atoms with E-state index in [1.165, 1.54) is 7.11 Å². The van der Waals surface area contributed by atoms with E-state index < -0.39 is 23.3 Å². The van der Waals surface area contributed by atoms with Gasteiger partial charge in [-0.15, -0.1) is 0 Å². The van der Waals surface area contributed by atoms with Crippen LogP contribution in [-0.2, 0) is 4.79 Å². The number of phenols is 2. The summed E-state index contributed by atoms with van der Waals surface area (Å²) >= 11 is 0. The first-order chi connectivity index (χ1) is 6.97. The van der Waals surface area contributed by atoms with Crippen molar-refractivity contribution in [1.82, 2.24) is 0 Å². The molecule has 1 aromatic rings. The molecule has 0 radical (unpaired) electrons. The van der Waals surface area contributed by atoms with Crippen molar-refractivity contribution in [3.05, 3.63) is 17.7 Å². The molecule has 0 saturated carbocycles. The van der Waals surface area contributed by atoms with Crippen molar-refractivity contribution >= 4 is 11.8 Å². The smallest absolute Gasteiger partial charge is 0.377 e. The standard InChI is InChI=1S/C9H8O6/c1-15-6-3-4(7(11)9(13)14)2-5(10)8(6)12/h2-3,10,12H,1H3,(H,13,14). The summed E-state index contributed by atoms with van der Waals surface area (Å²) in [4.78, 5) is 21.4. The molecule has 0 aliphatic rings. The average Bonchev–Trinajstić information content (AvgIpc) is 2.20. The number of ether oxygens (including phenoxy) is 1. The molecule has 3 N–H and O–H groups in total. The fraction of sp³-hybridized carbons (Fsp3) is 0.111. The fourth-order valence-corrected chi connectivity index (χ4v) is 1.00. The van der Waals surface area contributed by atoms with Gasteiger partial charge in [0.15, 0.2) is 11.5 Å². The van der Waals surface area contributed by atoms with Crippen LogP contribution in [-0.4, -0.2) is 34.2 Å². The lowest BCUT2D eigenvalue weighted by Gasteiger charge is -2.06. The minimum absolute atomic E-state index is 0.167. The molecule has 0 aliphatic carbocycles. The molecule has 0 unspecified atom stereocenters. The number of hydrogen-bond donors (Lipinski definition) is 3. The quantitative estimate of drug-likeness (QED) is 0.380. The second-order valence-electron chi connectivity index (χ2n) is 2.68. The molecule has 0 aliphatic heterocycles. The second kappa shape index (κ2) is 3.87. The summed E-state index contributed by atoms with van der Waals surface area (Å²) in [6.45, 7) is 0. The molecule has 6 heteroatoms. The summed E-state index contributed by atoms with van der Waals surface area (Å²) in [5.41, 5.74) is -0.269. The van der Waals surface area contributed by atoms with Crippen LogP contribution in [0.25, 0.3) is 0 Å². The Labute approximate surface area is 84.3 Å². The Morgan fingerprint density at radius 3 is 2.33 bits per heavy atom. The highest BCUT2D eigenvalue weighted by Gasteiger charge is 2.19. The molecule has 0 saturated heterocycles. The van der Waals surface area contributed by atoms with Crippen LogP contribution in [0.4, 0.5) is 0 Å². The van der Waals surface area contributed by atoms with Gasteiger partial charge in [0.1, 0.15) is 0 Å². The molecular formula is C9H8O6. The number of carbonyl (C=O) groups excluding carboxylic acids is 1. The first-order valence-corrected chi connectivity index (χ1v) is 3.85. The molecule has 0 heterocycles. The largest absolute Gasteiger partial charge is 0.504 e. The van der Waals surface area contributed by atoms with Crippen molar-refractivity contribution < 1.29 is 29.6 Å². The number of carboxylic acid groups (broad SMARTS) is 1. The number of ketones is 1. The number of Topliss-reactive ketones (excluding diaryl/α,β-unsaturated/α-hetero) is 1. The number of hydrogen-bond acceptors (Lipinski definition) is 5. The van der Waals surface area contributed by atoms with E-state index in [9.17, 15) is 14.7 Å². The number of carbonyl (C=O) groups is 2. The Kier molecular flexibility index (Phi) is 2.80. The minimum atomic E-state index is -1.65. The molecule has 0 atom stereocenters. The average molecular weight is 212 g/mol. The second-order valence-corrected chi connectivity index (χ2v) is 2.68. The highest BCUT2D eigenvalue weighted by molar-refractivity contribution is 6.40. The zero-order valence-corrected chi connectivity index (χ0v) is 7.72. The minimum Gasteiger partial charge on any atom is -0.504 e. The SMILES string of the molecule is COc1cc(C(=O)C(=O)O)cc(O)c1O. The fourth-order valence-electron chi connectivity index (χ4n) is 1.00. The van der Waals surface area contributed by atoms with Crippen LogP contribution in [0.5, 0.6) is 17.2 Å². The maximum atomic E-state index is 11.0. The van der Waals surface area contributed by atoms with Crippen molar-refractivity contribution in [2.24, 2.45) is 0 Å². The van der Waals surface area contributed by atoms with Crippen molar-refractivity contribution in [2.75, 3.05) is 7.11 Å². The van der Waals surface area contributed by atoms with Crippen LogP contribution >= 0.6 is 0 Å². The van der Waals surface area contributed by atoms with E-state index in [1.54, 1.807) is 0 Å². The number of methoxy groups -OCH3 is 1. The van der Waals surface area contributed by atoms with Gasteiger partial charge in [-0.05, 0) is 12.1 Å². The summed E-state index contributed by atoms with van der Waals surface area (Å²) in [5.74, 6) is -4.16. The maximum absolute atomic E-state index is 11.0. The van der Waals surface area contributed by atoms with E-state index in [4.69, 9.17) is 10.2 Å². The van der Waals surface area contributed by atoms with Crippen LogP contribution in [0.15, 0.2) is 12.1 Å². The van der Waals surface area contributed by atoms with E-state index in [-0.39, 0.29) is 11.3 Å². The highest BCUT2D eigenvalue weighted by atomic mass is 16.5. The summed E-state index contributed by atoms with van der Waals surface area (Å²) in [6, 6.07) is 1.89. The lowest BCUT2D eigenvalue weighted by atomic mass is 10.1. The van der Waals surface area contributed by atoms with E-state index in [0.29, 0.717) is 0 Å². The molecule has 6 nitrogen and oxygen atoms in total. The Morgan fingerprint density at radius 2 is 1.87 bits per heavy atom. The van der Waals surface area contributed by atoms with Crippen molar-refractivity contribution in [1.29, 1.82) is 0 Å². The van der Waals surface area contributed by atoms with Crippen molar-refractivity contribution in [2.45, 2.75) is 0 Å². The van der Waals surface area contributed by atoms with Gasteiger partial charge in [-0.25, -0.2) is 4.79 Å². The molecule has 0 aromatic heterocycles. The predicted molar refractivity (Wildman–Crippen MR) is 48.3 cm³/mol. The van der Waals surface area contributed by atoms with E-state index >= 15 is 0 Å². The van der Waals surface area contributed by atoms with Crippen LogP contribution in [0, 0.1) is 0 Å². The Hall–Kier alpha value is -2.24. The van der Waals surface area contributed by atoms with Gasteiger partial charge >= 0.3 is 5.97 Å². The Morgan fingerprint density at radius 1 is 1.27 bits per heavy atom. The molecular weight excluding hydrogens is 204 g/mol. The van der Waals surface area contributed by atoms with Gasteiger partial charge in [-0.1, -0.05) is 0 Å². The van der Waals surface area contributed by atoms with Crippen molar-refractivity contribution in [3.8, 4) is 17.2 Å². The maximum Gasteiger partial charge on any atom is 0.377 e. The first kappa shape index (κ1) is 10.8. The number of carboxylic acids is 1. The summed E-state index contributed by atoms with van der Waals surface area (Å²) in [5, 5.41) is 26.8. The molecule has 0 amide bonds. The van der Waals surface area contributed by atoms with Gasteiger partial charge in [0.25, 0.3) is 5.78 Å². The lowest BCUT2D eigenvalue weighted by Crippen LogP contribution is -2.12. The van der Waals surface area contributed by atoms with E-state index in [0.717, 1.165) is 12.1 Å². The number of benzene rings is 1. The zero-order valence-electron chi connectivity index (χ0n) is 7.72.